The van der Waals surface area contributed by atoms with E-state index in [4.69, 9.17) is 10.5 Å². The fourth-order valence-corrected chi connectivity index (χ4v) is 2.13. The van der Waals surface area contributed by atoms with Crippen LogP contribution in [0.2, 0.25) is 0 Å². The minimum absolute atomic E-state index is 0.0139. The van der Waals surface area contributed by atoms with Gasteiger partial charge in [0.15, 0.2) is 5.82 Å². The molecule has 0 atom stereocenters. The van der Waals surface area contributed by atoms with Gasteiger partial charge in [-0.1, -0.05) is 20.8 Å². The number of hydrogen-bond acceptors (Lipinski definition) is 5. The maximum absolute atomic E-state index is 13.3. The molecule has 1 aromatic heterocycles. The Balaban J connectivity index is 2.25. The number of aromatic nitrogens is 2. The average molecular weight is 328 g/mol. The first kappa shape index (κ1) is 17.4. The molecule has 23 heavy (non-hydrogen) atoms. The van der Waals surface area contributed by atoms with Gasteiger partial charge in [0.05, 0.1) is 12.8 Å². The van der Waals surface area contributed by atoms with E-state index in [9.17, 15) is 13.6 Å². The first-order valence-corrected chi connectivity index (χ1v) is 7.50. The first-order chi connectivity index (χ1) is 10.6. The molecular weight excluding hydrogens is 306 g/mol. The smallest absolute Gasteiger partial charge is 0.269 e. The van der Waals surface area contributed by atoms with E-state index < -0.39 is 11.8 Å². The molecule has 2 rings (SSSR count). The lowest BCUT2D eigenvalue weighted by atomic mass is 9.99. The molecule has 1 aliphatic heterocycles. The second kappa shape index (κ2) is 6.25. The summed E-state index contributed by atoms with van der Waals surface area (Å²) in [6.07, 6.45) is 0.754. The van der Waals surface area contributed by atoms with E-state index in [1.54, 1.807) is 4.90 Å². The zero-order valence-electron chi connectivity index (χ0n) is 13.6. The first-order valence-electron chi connectivity index (χ1n) is 7.50. The fraction of sp³-hybridized carbons (Fsp3) is 0.667. The Hall–Kier alpha value is -1.99. The number of carbonyl (C=O) groups excluding carboxylic acids is 1. The molecule has 2 N–H and O–H groups in total. The van der Waals surface area contributed by atoms with E-state index in [0.29, 0.717) is 12.4 Å². The number of nitrogens with zero attached hydrogens (tertiary/aromatic N) is 3. The lowest BCUT2D eigenvalue weighted by Crippen LogP contribution is -2.40. The molecule has 0 spiro atoms. The highest BCUT2D eigenvalue weighted by atomic mass is 19.3. The van der Waals surface area contributed by atoms with Crippen LogP contribution >= 0.6 is 0 Å². The highest BCUT2D eigenvalue weighted by molar-refractivity contribution is 5.90. The molecular formula is C15H22F2N4O2. The number of halogens is 2. The maximum atomic E-state index is 13.3. The second-order valence-corrected chi connectivity index (χ2v) is 6.94. The van der Waals surface area contributed by atoms with E-state index in [-0.39, 0.29) is 42.9 Å². The number of ether oxygens (including phenoxy) is 1. The zero-order valence-corrected chi connectivity index (χ0v) is 13.6. The summed E-state index contributed by atoms with van der Waals surface area (Å²) in [5.74, 6) is -2.84. The third-order valence-electron chi connectivity index (χ3n) is 3.41. The van der Waals surface area contributed by atoms with Crippen molar-refractivity contribution in [1.82, 2.24) is 9.97 Å². The van der Waals surface area contributed by atoms with Crippen LogP contribution in [0.25, 0.3) is 0 Å². The van der Waals surface area contributed by atoms with Crippen molar-refractivity contribution in [3.63, 3.8) is 0 Å². The average Bonchev–Trinajstić information content (AvgIpc) is 2.44. The Bertz CT molecular complexity index is 577. The summed E-state index contributed by atoms with van der Waals surface area (Å²) < 4.78 is 32.3. The van der Waals surface area contributed by atoms with Gasteiger partial charge in [-0.25, -0.2) is 18.7 Å². The summed E-state index contributed by atoms with van der Waals surface area (Å²) in [6, 6.07) is 0. The summed E-state index contributed by atoms with van der Waals surface area (Å²) in [5, 5.41) is 0. The highest BCUT2D eigenvalue weighted by Gasteiger charge is 2.35. The Morgan fingerprint density at radius 1 is 1.39 bits per heavy atom. The van der Waals surface area contributed by atoms with Crippen molar-refractivity contribution >= 4 is 11.7 Å². The van der Waals surface area contributed by atoms with Gasteiger partial charge in [0.25, 0.3) is 17.7 Å². The molecule has 1 aromatic rings. The molecule has 0 unspecified atom stereocenters. The van der Waals surface area contributed by atoms with Gasteiger partial charge in [-0.05, 0) is 5.41 Å². The Labute approximate surface area is 134 Å². The Kier molecular flexibility index (Phi) is 4.72. The number of amides is 1. The van der Waals surface area contributed by atoms with Crippen LogP contribution in [0.3, 0.4) is 0 Å². The summed E-state index contributed by atoms with van der Waals surface area (Å²) in [7, 11) is 0. The molecule has 1 aliphatic rings. The van der Waals surface area contributed by atoms with Crippen LogP contribution in [0.4, 0.5) is 14.6 Å². The van der Waals surface area contributed by atoms with Gasteiger partial charge in [0.2, 0.25) is 0 Å². The minimum Gasteiger partial charge on any atom is -0.474 e. The molecule has 0 saturated carbocycles. The normalized spacial score (nSPS) is 17.9. The lowest BCUT2D eigenvalue weighted by Gasteiger charge is -2.33. The predicted molar refractivity (Wildman–Crippen MR) is 81.9 cm³/mol. The summed E-state index contributed by atoms with van der Waals surface area (Å²) in [6.45, 7) is 6.62. The van der Waals surface area contributed by atoms with Crippen LogP contribution in [0.5, 0.6) is 5.88 Å². The molecule has 6 nitrogen and oxygen atoms in total. The lowest BCUT2D eigenvalue weighted by molar-refractivity contribution is -0.0222. The van der Waals surface area contributed by atoms with Gasteiger partial charge < -0.3 is 15.4 Å². The molecule has 1 fully saturated rings. The van der Waals surface area contributed by atoms with E-state index in [1.807, 2.05) is 20.8 Å². The third kappa shape index (κ3) is 4.74. The van der Waals surface area contributed by atoms with Gasteiger partial charge in [-0.3, -0.25) is 4.79 Å². The SMILES string of the molecule is CC(C)(C)COc1nc(C(N)=O)cnc1N1CCC(F)(F)CC1. The fourth-order valence-electron chi connectivity index (χ4n) is 2.13. The predicted octanol–water partition coefficient (Wildman–Crippen LogP) is 2.24. The summed E-state index contributed by atoms with van der Waals surface area (Å²) in [5.41, 5.74) is 5.08. The van der Waals surface area contributed by atoms with Gasteiger partial charge in [0.1, 0.15) is 5.69 Å². The van der Waals surface area contributed by atoms with Crippen molar-refractivity contribution in [2.45, 2.75) is 39.5 Å². The molecule has 0 bridgehead atoms. The zero-order chi connectivity index (χ0) is 17.3. The maximum Gasteiger partial charge on any atom is 0.269 e. The van der Waals surface area contributed by atoms with Gasteiger partial charge in [-0.15, -0.1) is 0 Å². The van der Waals surface area contributed by atoms with Gasteiger partial charge >= 0.3 is 0 Å². The molecule has 128 valence electrons. The van der Waals surface area contributed by atoms with Crippen LogP contribution < -0.4 is 15.4 Å². The number of anilines is 1. The van der Waals surface area contributed by atoms with E-state index in [2.05, 4.69) is 9.97 Å². The van der Waals surface area contributed by atoms with E-state index in [0.717, 1.165) is 0 Å². The molecule has 0 aliphatic carbocycles. The molecule has 1 saturated heterocycles. The number of carbonyl (C=O) groups is 1. The third-order valence-corrected chi connectivity index (χ3v) is 3.41. The monoisotopic (exact) mass is 328 g/mol. The largest absolute Gasteiger partial charge is 0.474 e. The molecule has 0 radical (unpaired) electrons. The number of hydrogen-bond donors (Lipinski definition) is 1. The van der Waals surface area contributed by atoms with Crippen LogP contribution in [0.1, 0.15) is 44.1 Å². The van der Waals surface area contributed by atoms with Crippen LogP contribution in [-0.2, 0) is 0 Å². The highest BCUT2D eigenvalue weighted by Crippen LogP contribution is 2.33. The van der Waals surface area contributed by atoms with Gasteiger partial charge in [-0.2, -0.15) is 0 Å². The van der Waals surface area contributed by atoms with Crippen LogP contribution in [0.15, 0.2) is 6.20 Å². The number of piperidine rings is 1. The minimum atomic E-state index is -2.65. The number of primary amides is 1. The van der Waals surface area contributed by atoms with Crippen molar-refractivity contribution in [1.29, 1.82) is 0 Å². The second-order valence-electron chi connectivity index (χ2n) is 6.94. The summed E-state index contributed by atoms with van der Waals surface area (Å²) in [4.78, 5) is 21.2. The number of nitrogens with two attached hydrogens (primary N) is 1. The molecule has 1 amide bonds. The molecule has 2 heterocycles. The number of alkyl halides is 2. The summed E-state index contributed by atoms with van der Waals surface area (Å²) >= 11 is 0. The topological polar surface area (TPSA) is 81.3 Å². The number of rotatable bonds is 4. The van der Waals surface area contributed by atoms with Crippen LogP contribution in [-0.4, -0.2) is 41.5 Å². The Morgan fingerprint density at radius 2 is 2.00 bits per heavy atom. The van der Waals surface area contributed by atoms with E-state index >= 15 is 0 Å². The molecule has 0 aromatic carbocycles. The van der Waals surface area contributed by atoms with Crippen LogP contribution in [0, 0.1) is 5.41 Å². The van der Waals surface area contributed by atoms with Crippen molar-refractivity contribution in [2.75, 3.05) is 24.6 Å². The van der Waals surface area contributed by atoms with Gasteiger partial charge in [0, 0.05) is 25.9 Å². The Morgan fingerprint density at radius 3 is 2.52 bits per heavy atom. The van der Waals surface area contributed by atoms with Crippen molar-refractivity contribution < 1.29 is 18.3 Å². The standard InChI is InChI=1S/C15H22F2N4O2/c1-14(2,3)9-23-13-12(19-8-10(20-13)11(18)22)21-6-4-15(16,17)5-7-21/h8H,4-7,9H2,1-3H3,(H2,18,22). The van der Waals surface area contributed by atoms with Crippen molar-refractivity contribution in [2.24, 2.45) is 11.1 Å². The quantitative estimate of drug-likeness (QED) is 0.916. The molecule has 8 heteroatoms. The van der Waals surface area contributed by atoms with Crippen molar-refractivity contribution in [3.8, 4) is 5.88 Å². The van der Waals surface area contributed by atoms with Crippen molar-refractivity contribution in [3.05, 3.63) is 11.9 Å². The van der Waals surface area contributed by atoms with E-state index in [1.165, 1.54) is 6.20 Å².